The number of aromatic nitrogens is 2. The van der Waals surface area contributed by atoms with E-state index in [9.17, 15) is 18.0 Å². The van der Waals surface area contributed by atoms with E-state index in [1.54, 1.807) is 48.5 Å². The molecule has 0 spiro atoms. The second-order valence-electron chi connectivity index (χ2n) is 10.7. The maximum Gasteiger partial charge on any atom is 0.272 e. The Hall–Kier alpha value is -4.57. The molecule has 10 heteroatoms. The Morgan fingerprint density at radius 3 is 2.63 bits per heavy atom. The number of ether oxygens (including phenoxy) is 3. The number of nitrogen functional groups attached to an aromatic ring is 1. The summed E-state index contributed by atoms with van der Waals surface area (Å²) in [4.78, 5) is 13.6. The Morgan fingerprint density at radius 1 is 1.09 bits per heavy atom. The molecule has 7 nitrogen and oxygen atoms in total. The fraction of sp³-hybridized carbons (Fsp3) is 0.273. The number of carbonyl (C=O) groups excluding carboxylic acids is 1. The summed E-state index contributed by atoms with van der Waals surface area (Å²) < 4.78 is 58.2. The number of benzene rings is 3. The maximum absolute atomic E-state index is 14.1. The molecule has 1 fully saturated rings. The van der Waals surface area contributed by atoms with Crippen LogP contribution < -0.4 is 15.2 Å². The molecule has 2 N–H and O–H groups in total. The predicted octanol–water partition coefficient (Wildman–Crippen LogP) is 7.05. The minimum Gasteiger partial charge on any atom is -0.487 e. The number of rotatable bonds is 9. The molecule has 1 aliphatic carbocycles. The van der Waals surface area contributed by atoms with Gasteiger partial charge in [-0.1, -0.05) is 18.2 Å². The molecule has 0 radical (unpaired) electrons. The van der Waals surface area contributed by atoms with Crippen LogP contribution in [-0.2, 0) is 11.2 Å². The van der Waals surface area contributed by atoms with Crippen molar-refractivity contribution in [2.75, 3.05) is 25.6 Å². The molecule has 0 saturated carbocycles. The van der Waals surface area contributed by atoms with Crippen molar-refractivity contribution in [3.05, 3.63) is 100 Å². The van der Waals surface area contributed by atoms with Crippen LogP contribution in [0.2, 0.25) is 0 Å². The molecule has 0 amide bonds. The van der Waals surface area contributed by atoms with Crippen molar-refractivity contribution in [3.63, 3.8) is 0 Å². The van der Waals surface area contributed by atoms with Crippen LogP contribution in [0.15, 0.2) is 66.4 Å². The lowest BCUT2D eigenvalue weighted by molar-refractivity contribution is 0.0755. The first-order valence-corrected chi connectivity index (χ1v) is 14.1. The largest absolute Gasteiger partial charge is 0.487 e. The van der Waals surface area contributed by atoms with Gasteiger partial charge in [0.15, 0.2) is 17.3 Å². The van der Waals surface area contributed by atoms with Gasteiger partial charge < -0.3 is 19.9 Å². The van der Waals surface area contributed by atoms with Crippen LogP contribution in [0.3, 0.4) is 0 Å². The molecular weight excluding hydrogens is 559 g/mol. The first-order valence-electron chi connectivity index (χ1n) is 14.1. The number of allylic oxidation sites excluding steroid dienone is 1. The molecule has 1 aliphatic heterocycles. The fourth-order valence-electron chi connectivity index (χ4n) is 5.58. The molecule has 2 aliphatic rings. The highest BCUT2D eigenvalue weighted by Crippen LogP contribution is 2.40. The van der Waals surface area contributed by atoms with E-state index < -0.39 is 18.8 Å². The standard InChI is InChI=1S/C33H30F3N3O4/c1-19-12-24(6-7-28(19)43-29-5-3-2-4-27(29)34)39-33(37)26(17-38-39)32(40)23-13-21-15-25(20-8-10-41-11-9-20)30(16-22(21)14-23)42-18-31(35)36/h2-7,12,14-17,20,31H,8-11,13,18,37H2,1H3. The summed E-state index contributed by atoms with van der Waals surface area (Å²) in [5, 5.41) is 4.37. The minimum absolute atomic E-state index is 0.114. The van der Waals surface area contributed by atoms with Crippen molar-refractivity contribution >= 4 is 17.7 Å². The monoisotopic (exact) mass is 589 g/mol. The molecule has 4 aromatic rings. The lowest BCUT2D eigenvalue weighted by Crippen LogP contribution is -2.16. The van der Waals surface area contributed by atoms with Gasteiger partial charge in [-0.3, -0.25) is 4.79 Å². The molecular formula is C33H30F3N3O4. The smallest absolute Gasteiger partial charge is 0.272 e. The predicted molar refractivity (Wildman–Crippen MR) is 156 cm³/mol. The van der Waals surface area contributed by atoms with Gasteiger partial charge in [-0.2, -0.15) is 5.10 Å². The van der Waals surface area contributed by atoms with E-state index >= 15 is 0 Å². The number of hydrogen-bond donors (Lipinski definition) is 1. The Morgan fingerprint density at radius 2 is 1.88 bits per heavy atom. The molecule has 0 bridgehead atoms. The quantitative estimate of drug-likeness (QED) is 0.211. The Bertz CT molecular complexity index is 1710. The third kappa shape index (κ3) is 5.87. The summed E-state index contributed by atoms with van der Waals surface area (Å²) in [6.45, 7) is 2.32. The van der Waals surface area contributed by atoms with E-state index in [0.29, 0.717) is 42.4 Å². The summed E-state index contributed by atoms with van der Waals surface area (Å²) in [6.07, 6.45) is 2.53. The second-order valence-corrected chi connectivity index (χ2v) is 10.7. The van der Waals surface area contributed by atoms with E-state index in [1.165, 1.54) is 16.9 Å². The Balaban J connectivity index is 1.23. The summed E-state index contributed by atoms with van der Waals surface area (Å²) in [6, 6.07) is 15.1. The van der Waals surface area contributed by atoms with Crippen molar-refractivity contribution < 1.29 is 32.2 Å². The molecule has 6 rings (SSSR count). The molecule has 1 aromatic heterocycles. The third-order valence-electron chi connectivity index (χ3n) is 7.81. The number of fused-ring (bicyclic) bond motifs is 1. The number of para-hydroxylation sites is 1. The van der Waals surface area contributed by atoms with Crippen molar-refractivity contribution in [1.82, 2.24) is 9.78 Å². The third-order valence-corrected chi connectivity index (χ3v) is 7.81. The van der Waals surface area contributed by atoms with Gasteiger partial charge in [-0.25, -0.2) is 17.9 Å². The van der Waals surface area contributed by atoms with Crippen LogP contribution in [0.25, 0.3) is 11.8 Å². The zero-order valence-corrected chi connectivity index (χ0v) is 23.5. The second kappa shape index (κ2) is 12.0. The van der Waals surface area contributed by atoms with Crippen molar-refractivity contribution in [3.8, 4) is 22.9 Å². The van der Waals surface area contributed by atoms with Gasteiger partial charge in [0.2, 0.25) is 0 Å². The Labute approximate surface area is 246 Å². The van der Waals surface area contributed by atoms with Crippen LogP contribution in [0, 0.1) is 12.7 Å². The SMILES string of the molecule is Cc1cc(-n2ncc(C(=O)C3=Cc4cc(OCC(F)F)c(C5CCOCC5)cc4C3)c2N)ccc1Oc1ccccc1F. The number of halogens is 3. The first kappa shape index (κ1) is 28.5. The number of Topliss-reactive ketones (excluding diaryl/α,β-unsaturated/α-hetero) is 1. The average molecular weight is 590 g/mol. The lowest BCUT2D eigenvalue weighted by atomic mass is 9.88. The van der Waals surface area contributed by atoms with Crippen LogP contribution >= 0.6 is 0 Å². The molecule has 3 aromatic carbocycles. The topological polar surface area (TPSA) is 88.6 Å². The molecule has 0 unspecified atom stereocenters. The van der Waals surface area contributed by atoms with Crippen LogP contribution in [0.4, 0.5) is 19.0 Å². The number of nitrogens with zero attached hydrogens (tertiary/aromatic N) is 2. The summed E-state index contributed by atoms with van der Waals surface area (Å²) >= 11 is 0. The maximum atomic E-state index is 14.1. The zero-order chi connectivity index (χ0) is 30.1. The minimum atomic E-state index is -2.60. The summed E-state index contributed by atoms with van der Waals surface area (Å²) in [5.41, 5.74) is 11.1. The molecule has 2 heterocycles. The first-order chi connectivity index (χ1) is 20.8. The van der Waals surface area contributed by atoms with Crippen molar-refractivity contribution in [2.24, 2.45) is 0 Å². The number of ketones is 1. The van der Waals surface area contributed by atoms with Crippen LogP contribution in [-0.4, -0.2) is 41.8 Å². The van der Waals surface area contributed by atoms with Gasteiger partial charge in [-0.15, -0.1) is 0 Å². The number of alkyl halides is 2. The number of nitrogens with two attached hydrogens (primary N) is 1. The van der Waals surface area contributed by atoms with Crippen LogP contribution in [0.1, 0.15) is 51.4 Å². The van der Waals surface area contributed by atoms with Gasteiger partial charge in [0.25, 0.3) is 6.43 Å². The van der Waals surface area contributed by atoms with E-state index in [4.69, 9.17) is 19.9 Å². The summed E-state index contributed by atoms with van der Waals surface area (Å²) in [5.74, 6) is 0.579. The highest BCUT2D eigenvalue weighted by Gasteiger charge is 2.28. The van der Waals surface area contributed by atoms with Gasteiger partial charge >= 0.3 is 0 Å². The van der Waals surface area contributed by atoms with E-state index in [2.05, 4.69) is 5.10 Å². The summed E-state index contributed by atoms with van der Waals surface area (Å²) in [7, 11) is 0. The zero-order valence-electron chi connectivity index (χ0n) is 23.5. The number of anilines is 1. The lowest BCUT2D eigenvalue weighted by Gasteiger charge is -2.25. The highest BCUT2D eigenvalue weighted by molar-refractivity contribution is 6.15. The van der Waals surface area contributed by atoms with E-state index in [-0.39, 0.29) is 28.8 Å². The van der Waals surface area contributed by atoms with Gasteiger partial charge in [-0.05, 0) is 90.4 Å². The van der Waals surface area contributed by atoms with Gasteiger partial charge in [0.1, 0.15) is 23.9 Å². The normalized spacial score (nSPS) is 15.0. The van der Waals surface area contributed by atoms with Gasteiger partial charge in [0.05, 0.1) is 17.4 Å². The van der Waals surface area contributed by atoms with Gasteiger partial charge in [0, 0.05) is 25.2 Å². The Kier molecular flexibility index (Phi) is 7.94. The molecule has 43 heavy (non-hydrogen) atoms. The molecule has 0 atom stereocenters. The van der Waals surface area contributed by atoms with Crippen LogP contribution in [0.5, 0.6) is 17.2 Å². The van der Waals surface area contributed by atoms with Crippen molar-refractivity contribution in [1.29, 1.82) is 0 Å². The molecule has 1 saturated heterocycles. The number of hydrogen-bond acceptors (Lipinski definition) is 6. The fourth-order valence-corrected chi connectivity index (χ4v) is 5.58. The average Bonchev–Trinajstić information content (AvgIpc) is 3.60. The highest BCUT2D eigenvalue weighted by atomic mass is 19.3. The van der Waals surface area contributed by atoms with Crippen molar-refractivity contribution in [2.45, 2.75) is 38.5 Å². The van der Waals surface area contributed by atoms with E-state index in [1.807, 2.05) is 13.0 Å². The van der Waals surface area contributed by atoms with E-state index in [0.717, 1.165) is 35.1 Å². The molecule has 222 valence electrons. The number of aryl methyl sites for hydroxylation is 1. The number of carbonyl (C=O) groups is 1.